The minimum Gasteiger partial charge on any atom is -0.496 e. The summed E-state index contributed by atoms with van der Waals surface area (Å²) < 4.78 is 25.5. The highest BCUT2D eigenvalue weighted by atomic mass is 35.5. The van der Waals surface area contributed by atoms with Crippen molar-refractivity contribution < 1.29 is 18.7 Å². The Bertz CT molecular complexity index is 808. The van der Waals surface area contributed by atoms with E-state index in [1.807, 2.05) is 25.9 Å². The Balaban J connectivity index is 2.71. The standard InChI is InChI=1S/C20H23ClFNO3/c1-12(23(2)3)17-19(25-4)14(10-15(11-24)20(17)26-5)9-13-7-6-8-16(21)18(13)22/h6-8,10-12H,9H2,1-5H3. The van der Waals surface area contributed by atoms with Gasteiger partial charge in [0.15, 0.2) is 6.29 Å². The Morgan fingerprint density at radius 1 is 1.19 bits per heavy atom. The molecule has 0 radical (unpaired) electrons. The van der Waals surface area contributed by atoms with E-state index in [1.165, 1.54) is 13.2 Å². The second kappa shape index (κ2) is 8.52. The van der Waals surface area contributed by atoms with Crippen molar-refractivity contribution in [2.24, 2.45) is 0 Å². The SMILES string of the molecule is COc1c(C=O)cc(Cc2cccc(Cl)c2F)c(OC)c1C(C)N(C)C. The quantitative estimate of drug-likeness (QED) is 0.663. The van der Waals surface area contributed by atoms with Crippen LogP contribution in [0.3, 0.4) is 0 Å². The first-order valence-corrected chi connectivity index (χ1v) is 8.55. The van der Waals surface area contributed by atoms with Crippen LogP contribution in [0.25, 0.3) is 0 Å². The van der Waals surface area contributed by atoms with Crippen molar-refractivity contribution in [1.29, 1.82) is 0 Å². The van der Waals surface area contributed by atoms with Gasteiger partial charge in [-0.15, -0.1) is 0 Å². The van der Waals surface area contributed by atoms with Crippen LogP contribution in [-0.4, -0.2) is 39.5 Å². The fourth-order valence-corrected chi connectivity index (χ4v) is 3.16. The average Bonchev–Trinajstić information content (AvgIpc) is 2.63. The maximum absolute atomic E-state index is 14.4. The van der Waals surface area contributed by atoms with E-state index in [4.69, 9.17) is 21.1 Å². The molecule has 0 spiro atoms. The van der Waals surface area contributed by atoms with E-state index < -0.39 is 5.82 Å². The van der Waals surface area contributed by atoms with Crippen molar-refractivity contribution in [3.8, 4) is 11.5 Å². The molecule has 0 fully saturated rings. The molecule has 0 bridgehead atoms. The van der Waals surface area contributed by atoms with Gasteiger partial charge in [0.25, 0.3) is 0 Å². The molecule has 0 aromatic heterocycles. The third-order valence-corrected chi connectivity index (χ3v) is 4.80. The predicted octanol–water partition coefficient (Wildman–Crippen LogP) is 4.52. The second-order valence-electron chi connectivity index (χ2n) is 6.25. The Hall–Kier alpha value is -2.11. The fourth-order valence-electron chi connectivity index (χ4n) is 2.97. The van der Waals surface area contributed by atoms with E-state index in [9.17, 15) is 9.18 Å². The van der Waals surface area contributed by atoms with Crippen LogP contribution >= 0.6 is 11.6 Å². The van der Waals surface area contributed by atoms with Gasteiger partial charge in [-0.1, -0.05) is 23.7 Å². The number of methoxy groups -OCH3 is 2. The van der Waals surface area contributed by atoms with Gasteiger partial charge in [-0.2, -0.15) is 0 Å². The predicted molar refractivity (Wildman–Crippen MR) is 101 cm³/mol. The first-order chi connectivity index (χ1) is 12.3. The Labute approximate surface area is 158 Å². The highest BCUT2D eigenvalue weighted by Crippen LogP contribution is 2.42. The van der Waals surface area contributed by atoms with Crippen LogP contribution in [0.15, 0.2) is 24.3 Å². The molecular formula is C20H23ClFNO3. The van der Waals surface area contributed by atoms with E-state index in [1.54, 1.807) is 25.3 Å². The van der Waals surface area contributed by atoms with Gasteiger partial charge >= 0.3 is 0 Å². The van der Waals surface area contributed by atoms with Gasteiger partial charge in [0.05, 0.1) is 30.4 Å². The summed E-state index contributed by atoms with van der Waals surface area (Å²) in [4.78, 5) is 13.6. The number of halogens is 2. The van der Waals surface area contributed by atoms with Gasteiger partial charge in [0.1, 0.15) is 17.3 Å². The normalized spacial score (nSPS) is 12.2. The van der Waals surface area contributed by atoms with E-state index in [2.05, 4.69) is 0 Å². The lowest BCUT2D eigenvalue weighted by Crippen LogP contribution is -2.19. The van der Waals surface area contributed by atoms with Gasteiger partial charge in [-0.25, -0.2) is 4.39 Å². The lowest BCUT2D eigenvalue weighted by molar-refractivity contribution is 0.112. The number of nitrogens with zero attached hydrogens (tertiary/aromatic N) is 1. The molecule has 0 amide bonds. The van der Waals surface area contributed by atoms with E-state index in [0.717, 1.165) is 11.8 Å². The second-order valence-corrected chi connectivity index (χ2v) is 6.66. The first-order valence-electron chi connectivity index (χ1n) is 8.17. The summed E-state index contributed by atoms with van der Waals surface area (Å²) in [6.45, 7) is 1.98. The van der Waals surface area contributed by atoms with Gasteiger partial charge in [0, 0.05) is 12.5 Å². The number of ether oxygens (including phenoxy) is 2. The minimum absolute atomic E-state index is 0.0625. The average molecular weight is 380 g/mol. The summed E-state index contributed by atoms with van der Waals surface area (Å²) >= 11 is 5.89. The van der Waals surface area contributed by atoms with E-state index in [-0.39, 0.29) is 17.5 Å². The largest absolute Gasteiger partial charge is 0.496 e. The zero-order valence-electron chi connectivity index (χ0n) is 15.6. The molecule has 2 rings (SSSR count). The lowest BCUT2D eigenvalue weighted by atomic mass is 9.93. The van der Waals surface area contributed by atoms with E-state index in [0.29, 0.717) is 28.2 Å². The van der Waals surface area contributed by atoms with Gasteiger partial charge in [0.2, 0.25) is 0 Å². The van der Waals surface area contributed by atoms with Crippen LogP contribution < -0.4 is 9.47 Å². The van der Waals surface area contributed by atoms with Crippen molar-refractivity contribution in [2.45, 2.75) is 19.4 Å². The molecule has 2 aromatic rings. The zero-order valence-corrected chi connectivity index (χ0v) is 16.4. The molecule has 0 aliphatic rings. The highest BCUT2D eigenvalue weighted by Gasteiger charge is 2.25. The number of hydrogen-bond donors (Lipinski definition) is 0. The Kier molecular flexibility index (Phi) is 6.62. The molecule has 0 saturated heterocycles. The summed E-state index contributed by atoms with van der Waals surface area (Å²) in [5.74, 6) is 0.572. The third-order valence-electron chi connectivity index (χ3n) is 4.51. The maximum Gasteiger partial charge on any atom is 0.153 e. The van der Waals surface area contributed by atoms with Gasteiger partial charge in [-0.3, -0.25) is 4.79 Å². The molecule has 0 saturated carbocycles. The van der Waals surface area contributed by atoms with Crippen molar-refractivity contribution in [1.82, 2.24) is 4.90 Å². The molecule has 4 nitrogen and oxygen atoms in total. The van der Waals surface area contributed by atoms with Crippen molar-refractivity contribution in [3.63, 3.8) is 0 Å². The Morgan fingerprint density at radius 3 is 2.38 bits per heavy atom. The summed E-state index contributed by atoms with van der Waals surface area (Å²) in [5, 5.41) is 0.0625. The zero-order chi connectivity index (χ0) is 19.4. The summed E-state index contributed by atoms with van der Waals surface area (Å²) in [5.41, 5.74) is 2.28. The lowest BCUT2D eigenvalue weighted by Gasteiger charge is -2.27. The number of rotatable bonds is 7. The molecule has 0 heterocycles. The molecule has 0 aliphatic carbocycles. The third kappa shape index (κ3) is 3.84. The van der Waals surface area contributed by atoms with Crippen LogP contribution in [0, 0.1) is 5.82 Å². The smallest absolute Gasteiger partial charge is 0.153 e. The highest BCUT2D eigenvalue weighted by molar-refractivity contribution is 6.30. The molecular weight excluding hydrogens is 357 g/mol. The first kappa shape index (κ1) is 20.2. The Morgan fingerprint density at radius 2 is 1.85 bits per heavy atom. The monoisotopic (exact) mass is 379 g/mol. The number of carbonyl (C=O) groups is 1. The van der Waals surface area contributed by atoms with Gasteiger partial charge in [-0.05, 0) is 44.3 Å². The summed E-state index contributed by atoms with van der Waals surface area (Å²) in [6.07, 6.45) is 0.982. The number of carbonyl (C=O) groups excluding carboxylic acids is 1. The van der Waals surface area contributed by atoms with Gasteiger partial charge < -0.3 is 14.4 Å². The molecule has 0 aliphatic heterocycles. The molecule has 26 heavy (non-hydrogen) atoms. The molecule has 0 N–H and O–H groups in total. The number of benzene rings is 2. The van der Waals surface area contributed by atoms with Crippen LogP contribution in [0.1, 0.15) is 40.0 Å². The van der Waals surface area contributed by atoms with Crippen molar-refractivity contribution in [2.75, 3.05) is 28.3 Å². The molecule has 1 atom stereocenters. The van der Waals surface area contributed by atoms with E-state index >= 15 is 0 Å². The van der Waals surface area contributed by atoms with Crippen LogP contribution in [-0.2, 0) is 6.42 Å². The molecule has 6 heteroatoms. The van der Waals surface area contributed by atoms with Crippen LogP contribution in [0.5, 0.6) is 11.5 Å². The van der Waals surface area contributed by atoms with Crippen molar-refractivity contribution in [3.05, 3.63) is 57.4 Å². The van der Waals surface area contributed by atoms with Crippen LogP contribution in [0.2, 0.25) is 5.02 Å². The molecule has 1 unspecified atom stereocenters. The van der Waals surface area contributed by atoms with Crippen molar-refractivity contribution >= 4 is 17.9 Å². The molecule has 140 valence electrons. The maximum atomic E-state index is 14.4. The topological polar surface area (TPSA) is 38.8 Å². The fraction of sp³-hybridized carbons (Fsp3) is 0.350. The van der Waals surface area contributed by atoms with Crippen LogP contribution in [0.4, 0.5) is 4.39 Å². The molecule has 2 aromatic carbocycles. The summed E-state index contributed by atoms with van der Waals surface area (Å²) in [6, 6.07) is 6.46. The number of aldehydes is 1. The number of hydrogen-bond acceptors (Lipinski definition) is 4. The minimum atomic E-state index is -0.470. The summed E-state index contributed by atoms with van der Waals surface area (Å²) in [7, 11) is 6.92.